The molecule has 128 valence electrons. The fraction of sp³-hybridized carbons (Fsp3) is 0.125. The van der Waals surface area contributed by atoms with Gasteiger partial charge in [-0.3, -0.25) is 19.3 Å². The minimum atomic E-state index is -0.383. The molecule has 0 aliphatic carbocycles. The first-order valence-corrected chi connectivity index (χ1v) is 8.54. The van der Waals surface area contributed by atoms with E-state index in [-0.39, 0.29) is 23.7 Å². The summed E-state index contributed by atoms with van der Waals surface area (Å²) in [6.07, 6.45) is 1.50. The minimum absolute atomic E-state index is 0.0650. The number of rotatable bonds is 4. The van der Waals surface area contributed by atoms with E-state index in [0.29, 0.717) is 15.1 Å². The molecule has 0 saturated heterocycles. The third-order valence-corrected chi connectivity index (χ3v) is 4.28. The average Bonchev–Trinajstić information content (AvgIpc) is 2.93. The summed E-state index contributed by atoms with van der Waals surface area (Å²) in [6, 6.07) is 9.27. The zero-order valence-electron chi connectivity index (χ0n) is 13.2. The summed E-state index contributed by atoms with van der Waals surface area (Å²) < 4.78 is 2.57. The molecule has 9 heteroatoms. The third kappa shape index (κ3) is 3.94. The molecule has 0 aliphatic heterocycles. The fourth-order valence-electron chi connectivity index (χ4n) is 2.27. The van der Waals surface area contributed by atoms with Crippen molar-refractivity contribution in [3.63, 3.8) is 0 Å². The van der Waals surface area contributed by atoms with E-state index in [1.54, 1.807) is 4.57 Å². The summed E-state index contributed by atoms with van der Waals surface area (Å²) in [5.74, 6) is 0.178. The van der Waals surface area contributed by atoms with Gasteiger partial charge in [-0.05, 0) is 41.1 Å². The molecule has 25 heavy (non-hydrogen) atoms. The molecule has 0 saturated carbocycles. The summed E-state index contributed by atoms with van der Waals surface area (Å²) in [7, 11) is 0. The number of nitrogens with one attached hydrogen (secondary N) is 3. The Bertz CT molecular complexity index is 1040. The molecule has 1 aromatic carbocycles. The lowest BCUT2D eigenvalue weighted by Gasteiger charge is -2.08. The van der Waals surface area contributed by atoms with Crippen molar-refractivity contribution in [2.45, 2.75) is 13.5 Å². The molecule has 0 bridgehead atoms. The lowest BCUT2D eigenvalue weighted by Crippen LogP contribution is -2.23. The van der Waals surface area contributed by atoms with Crippen LogP contribution in [0.2, 0.25) is 0 Å². The van der Waals surface area contributed by atoms with E-state index in [4.69, 9.17) is 12.2 Å². The fourth-order valence-corrected chi connectivity index (χ4v) is 2.81. The number of H-pyrrole nitrogens is 2. The maximum Gasteiger partial charge on any atom is 0.271 e. The number of anilines is 1. The van der Waals surface area contributed by atoms with Crippen LogP contribution in [0.1, 0.15) is 5.56 Å². The van der Waals surface area contributed by atoms with Crippen LogP contribution in [0, 0.1) is 11.7 Å². The zero-order chi connectivity index (χ0) is 18.0. The molecular formula is C16H14BrN5O2S. The second-order valence-electron chi connectivity index (χ2n) is 5.41. The van der Waals surface area contributed by atoms with Gasteiger partial charge < -0.3 is 10.3 Å². The maximum absolute atomic E-state index is 12.3. The van der Waals surface area contributed by atoms with Crippen molar-refractivity contribution in [2.24, 2.45) is 0 Å². The molecule has 0 fully saturated rings. The van der Waals surface area contributed by atoms with Crippen LogP contribution in [-0.2, 0) is 11.3 Å². The number of aryl methyl sites for hydroxylation is 1. The molecule has 2 heterocycles. The van der Waals surface area contributed by atoms with Gasteiger partial charge in [-0.2, -0.15) is 5.10 Å². The highest BCUT2D eigenvalue weighted by Crippen LogP contribution is 2.18. The molecule has 3 rings (SSSR count). The van der Waals surface area contributed by atoms with E-state index in [2.05, 4.69) is 36.4 Å². The first-order chi connectivity index (χ1) is 11.9. The van der Waals surface area contributed by atoms with Crippen LogP contribution in [0.5, 0.6) is 0 Å². The molecule has 3 aromatic rings. The predicted molar refractivity (Wildman–Crippen MR) is 101 cm³/mol. The number of benzene rings is 1. The number of aromatic nitrogens is 4. The van der Waals surface area contributed by atoms with Gasteiger partial charge in [0.15, 0.2) is 10.6 Å². The number of amides is 1. The SMILES string of the molecule is Cc1ccc(-c2n[nH]c(=S)n2CC(=O)Nc2cc(Br)c[nH]c2=O)cc1. The first-order valence-electron chi connectivity index (χ1n) is 7.34. The van der Waals surface area contributed by atoms with Crippen molar-refractivity contribution in [3.8, 4) is 11.4 Å². The monoisotopic (exact) mass is 419 g/mol. The maximum atomic E-state index is 12.3. The van der Waals surface area contributed by atoms with Gasteiger partial charge in [-0.25, -0.2) is 0 Å². The third-order valence-electron chi connectivity index (χ3n) is 3.51. The molecule has 0 unspecified atom stereocenters. The summed E-state index contributed by atoms with van der Waals surface area (Å²) in [5.41, 5.74) is 1.74. The molecule has 3 N–H and O–H groups in total. The number of hydrogen-bond acceptors (Lipinski definition) is 4. The lowest BCUT2D eigenvalue weighted by atomic mass is 10.1. The molecule has 1 amide bonds. The number of aromatic amines is 2. The van der Waals surface area contributed by atoms with Crippen molar-refractivity contribution >= 4 is 39.7 Å². The summed E-state index contributed by atoms with van der Waals surface area (Å²) in [4.78, 5) is 26.6. The highest BCUT2D eigenvalue weighted by molar-refractivity contribution is 9.10. The van der Waals surface area contributed by atoms with Gasteiger partial charge >= 0.3 is 0 Å². The molecule has 0 radical (unpaired) electrons. The molecule has 7 nitrogen and oxygen atoms in total. The van der Waals surface area contributed by atoms with Gasteiger partial charge in [0, 0.05) is 16.2 Å². The van der Waals surface area contributed by atoms with E-state index in [0.717, 1.165) is 11.1 Å². The predicted octanol–water partition coefficient (Wildman–Crippen LogP) is 3.01. The van der Waals surface area contributed by atoms with Crippen molar-refractivity contribution in [2.75, 3.05) is 5.32 Å². The van der Waals surface area contributed by atoms with Crippen LogP contribution in [-0.4, -0.2) is 25.7 Å². The second-order valence-corrected chi connectivity index (χ2v) is 6.72. The number of nitrogens with zero attached hydrogens (tertiary/aromatic N) is 2. The van der Waals surface area contributed by atoms with Crippen LogP contribution in [0.25, 0.3) is 11.4 Å². The Morgan fingerprint density at radius 1 is 1.36 bits per heavy atom. The molecule has 2 aromatic heterocycles. The summed E-state index contributed by atoms with van der Waals surface area (Å²) >= 11 is 8.47. The van der Waals surface area contributed by atoms with E-state index in [1.165, 1.54) is 12.3 Å². The topological polar surface area (TPSA) is 95.6 Å². The molecule has 0 atom stereocenters. The molecule has 0 aliphatic rings. The number of carbonyl (C=O) groups excluding carboxylic acids is 1. The van der Waals surface area contributed by atoms with Crippen molar-refractivity contribution in [1.82, 2.24) is 19.7 Å². The van der Waals surface area contributed by atoms with Crippen molar-refractivity contribution in [1.29, 1.82) is 0 Å². The van der Waals surface area contributed by atoms with Crippen LogP contribution in [0.3, 0.4) is 0 Å². The van der Waals surface area contributed by atoms with Crippen LogP contribution < -0.4 is 10.9 Å². The van der Waals surface area contributed by atoms with Gasteiger partial charge in [-0.15, -0.1) is 0 Å². The smallest absolute Gasteiger partial charge is 0.271 e. The summed E-state index contributed by atoms with van der Waals surface area (Å²) in [5, 5.41) is 9.48. The van der Waals surface area contributed by atoms with Crippen LogP contribution >= 0.6 is 28.1 Å². The Hall–Kier alpha value is -2.52. The van der Waals surface area contributed by atoms with Crippen LogP contribution in [0.4, 0.5) is 5.69 Å². The van der Waals surface area contributed by atoms with Crippen LogP contribution in [0.15, 0.2) is 45.8 Å². The molecular weight excluding hydrogens is 406 g/mol. The van der Waals surface area contributed by atoms with Gasteiger partial charge in [0.25, 0.3) is 5.56 Å². The largest absolute Gasteiger partial charge is 0.326 e. The van der Waals surface area contributed by atoms with Gasteiger partial charge in [0.1, 0.15) is 12.2 Å². The normalized spacial score (nSPS) is 10.6. The Kier molecular flexibility index (Phi) is 4.95. The summed E-state index contributed by atoms with van der Waals surface area (Å²) in [6.45, 7) is 1.92. The number of pyridine rings is 1. The first kappa shape index (κ1) is 17.3. The minimum Gasteiger partial charge on any atom is -0.326 e. The second kappa shape index (κ2) is 7.16. The van der Waals surface area contributed by atoms with Gasteiger partial charge in [0.2, 0.25) is 5.91 Å². The van der Waals surface area contributed by atoms with E-state index < -0.39 is 0 Å². The van der Waals surface area contributed by atoms with E-state index in [9.17, 15) is 9.59 Å². The van der Waals surface area contributed by atoms with Crippen molar-refractivity contribution < 1.29 is 4.79 Å². The highest BCUT2D eigenvalue weighted by atomic mass is 79.9. The average molecular weight is 420 g/mol. The lowest BCUT2D eigenvalue weighted by molar-refractivity contribution is -0.116. The Morgan fingerprint density at radius 3 is 2.80 bits per heavy atom. The Morgan fingerprint density at radius 2 is 2.08 bits per heavy atom. The quantitative estimate of drug-likeness (QED) is 0.566. The van der Waals surface area contributed by atoms with Gasteiger partial charge in [-0.1, -0.05) is 29.8 Å². The number of hydrogen-bond donors (Lipinski definition) is 3. The number of halogens is 1. The van der Waals surface area contributed by atoms with E-state index >= 15 is 0 Å². The zero-order valence-corrected chi connectivity index (χ0v) is 15.6. The highest BCUT2D eigenvalue weighted by Gasteiger charge is 2.13. The Balaban J connectivity index is 1.86. The van der Waals surface area contributed by atoms with Gasteiger partial charge in [0.05, 0.1) is 0 Å². The number of carbonyl (C=O) groups is 1. The van der Waals surface area contributed by atoms with E-state index in [1.807, 2.05) is 31.2 Å². The van der Waals surface area contributed by atoms with Crippen molar-refractivity contribution in [3.05, 3.63) is 61.7 Å². The Labute approximate surface area is 156 Å². The standard InChI is InChI=1S/C16H14BrN5O2S/c1-9-2-4-10(5-3-9)14-20-21-16(25)22(14)8-13(23)19-12-6-11(17)7-18-15(12)24/h2-7H,8H2,1H3,(H,18,24)(H,19,23)(H,21,25). The molecule has 0 spiro atoms.